The number of nitrogens with zero attached hydrogens (tertiary/aromatic N) is 3. The number of benzene rings is 3. The third kappa shape index (κ3) is 7.81. The van der Waals surface area contributed by atoms with Gasteiger partial charge in [0.25, 0.3) is 5.91 Å². The fourth-order valence-electron chi connectivity index (χ4n) is 4.51. The van der Waals surface area contributed by atoms with Gasteiger partial charge in [0.05, 0.1) is 5.56 Å². The van der Waals surface area contributed by atoms with E-state index in [9.17, 15) is 18.8 Å². The molecule has 1 aliphatic heterocycles. The molecule has 0 aliphatic carbocycles. The van der Waals surface area contributed by atoms with Crippen molar-refractivity contribution in [2.45, 2.75) is 32.9 Å². The summed E-state index contributed by atoms with van der Waals surface area (Å²) in [6.07, 6.45) is 0. The van der Waals surface area contributed by atoms with Crippen LogP contribution in [0.3, 0.4) is 0 Å². The molecule has 1 aliphatic rings. The summed E-state index contributed by atoms with van der Waals surface area (Å²) in [5.41, 5.74) is 2.17. The minimum absolute atomic E-state index is 0.0919. The number of carbonyl (C=O) groups is 3. The Bertz CT molecular complexity index is 1320. The van der Waals surface area contributed by atoms with Crippen molar-refractivity contribution in [3.8, 4) is 0 Å². The topological polar surface area (TPSA) is 85.0 Å². The van der Waals surface area contributed by atoms with Crippen molar-refractivity contribution in [2.24, 2.45) is 0 Å². The van der Waals surface area contributed by atoms with Crippen LogP contribution in [0.15, 0.2) is 78.9 Å². The number of nitrogens with one attached hydrogen (secondary N) is 2. The number of urea groups is 1. The van der Waals surface area contributed by atoms with E-state index in [4.69, 9.17) is 0 Å². The van der Waals surface area contributed by atoms with Crippen molar-refractivity contribution in [2.75, 3.05) is 42.9 Å². The van der Waals surface area contributed by atoms with Crippen molar-refractivity contribution < 1.29 is 18.8 Å². The summed E-state index contributed by atoms with van der Waals surface area (Å²) in [4.78, 5) is 43.8. The van der Waals surface area contributed by atoms with Crippen LogP contribution in [0.25, 0.3) is 0 Å². The second kappa shape index (κ2) is 12.6. The summed E-state index contributed by atoms with van der Waals surface area (Å²) in [5.74, 6) is -1.10. The van der Waals surface area contributed by atoms with Gasteiger partial charge in [-0.25, -0.2) is 9.18 Å². The molecule has 0 atom stereocenters. The monoisotopic (exact) mass is 545 g/mol. The number of hydrogen-bond acceptors (Lipinski definition) is 4. The maximum Gasteiger partial charge on any atom is 0.318 e. The fraction of sp³-hybridized carbons (Fsp3) is 0.323. The van der Waals surface area contributed by atoms with Crippen LogP contribution in [0.5, 0.6) is 0 Å². The Balaban J connectivity index is 1.32. The van der Waals surface area contributed by atoms with Gasteiger partial charge in [0.1, 0.15) is 12.4 Å². The highest BCUT2D eigenvalue weighted by atomic mass is 19.1. The van der Waals surface area contributed by atoms with Gasteiger partial charge in [-0.15, -0.1) is 0 Å². The van der Waals surface area contributed by atoms with Crippen LogP contribution in [0, 0.1) is 5.82 Å². The van der Waals surface area contributed by atoms with Crippen LogP contribution < -0.4 is 15.5 Å². The molecule has 1 fully saturated rings. The molecule has 0 saturated carbocycles. The van der Waals surface area contributed by atoms with E-state index >= 15 is 0 Å². The van der Waals surface area contributed by atoms with Gasteiger partial charge in [-0.3, -0.25) is 9.59 Å². The first-order valence-corrected chi connectivity index (χ1v) is 13.4. The molecule has 8 nitrogen and oxygen atoms in total. The maximum absolute atomic E-state index is 14.0. The molecule has 3 aromatic carbocycles. The molecule has 9 heteroatoms. The van der Waals surface area contributed by atoms with Gasteiger partial charge in [0, 0.05) is 49.6 Å². The van der Waals surface area contributed by atoms with Crippen LogP contribution in [0.2, 0.25) is 0 Å². The summed E-state index contributed by atoms with van der Waals surface area (Å²) in [5, 5.41) is 5.82. The Morgan fingerprint density at radius 2 is 1.48 bits per heavy atom. The molecule has 1 saturated heterocycles. The highest BCUT2D eigenvalue weighted by Crippen LogP contribution is 2.21. The third-order valence-corrected chi connectivity index (χ3v) is 6.51. The predicted octanol–water partition coefficient (Wildman–Crippen LogP) is 4.74. The van der Waals surface area contributed by atoms with Gasteiger partial charge < -0.3 is 25.3 Å². The highest BCUT2D eigenvalue weighted by Gasteiger charge is 2.25. The Morgan fingerprint density at radius 1 is 0.850 bits per heavy atom. The van der Waals surface area contributed by atoms with Gasteiger partial charge in [-0.05, 0) is 62.7 Å². The van der Waals surface area contributed by atoms with E-state index in [0.717, 1.165) is 11.3 Å². The number of carbonyl (C=O) groups excluding carboxylic acids is 3. The van der Waals surface area contributed by atoms with Crippen molar-refractivity contribution in [3.05, 3.63) is 95.8 Å². The van der Waals surface area contributed by atoms with Gasteiger partial charge in [-0.1, -0.05) is 42.5 Å². The lowest BCUT2D eigenvalue weighted by molar-refractivity contribution is -0.116. The quantitative estimate of drug-likeness (QED) is 0.449. The molecule has 210 valence electrons. The molecule has 0 radical (unpaired) electrons. The van der Waals surface area contributed by atoms with Gasteiger partial charge in [0.2, 0.25) is 5.91 Å². The zero-order valence-electron chi connectivity index (χ0n) is 23.2. The van der Waals surface area contributed by atoms with Crippen molar-refractivity contribution >= 4 is 29.2 Å². The number of anilines is 2. The van der Waals surface area contributed by atoms with E-state index in [1.807, 2.05) is 75.4 Å². The van der Waals surface area contributed by atoms with Crippen LogP contribution in [-0.4, -0.2) is 65.9 Å². The summed E-state index contributed by atoms with van der Waals surface area (Å²) in [6, 6.07) is 22.7. The maximum atomic E-state index is 14.0. The number of hydrogen-bond donors (Lipinski definition) is 2. The Kier molecular flexibility index (Phi) is 9.04. The standard InChI is InChI=1S/C31H36FN5O3/c1-31(2,3)34-30(40)37(21-23-9-5-4-6-10-23)22-28(38)33-24-13-15-25(16-14-24)35-17-19-36(20-18-35)29(39)26-11-7-8-12-27(26)32/h4-16H,17-22H2,1-3H3,(H,33,38)(H,34,40). The summed E-state index contributed by atoms with van der Waals surface area (Å²) in [7, 11) is 0. The second-order valence-electron chi connectivity index (χ2n) is 10.9. The first kappa shape index (κ1) is 28.6. The van der Waals surface area contributed by atoms with Crippen molar-refractivity contribution in [1.82, 2.24) is 15.1 Å². The minimum atomic E-state index is -0.509. The van der Waals surface area contributed by atoms with E-state index in [1.165, 1.54) is 17.0 Å². The van der Waals surface area contributed by atoms with E-state index < -0.39 is 11.4 Å². The van der Waals surface area contributed by atoms with E-state index in [1.54, 1.807) is 17.0 Å². The summed E-state index contributed by atoms with van der Waals surface area (Å²) < 4.78 is 14.0. The lowest BCUT2D eigenvalue weighted by Gasteiger charge is -2.36. The van der Waals surface area contributed by atoms with E-state index in [2.05, 4.69) is 15.5 Å². The third-order valence-electron chi connectivity index (χ3n) is 6.51. The molecule has 40 heavy (non-hydrogen) atoms. The molecular weight excluding hydrogens is 509 g/mol. The lowest BCUT2D eigenvalue weighted by atomic mass is 10.1. The van der Waals surface area contributed by atoms with Crippen LogP contribution in [0.1, 0.15) is 36.7 Å². The summed E-state index contributed by atoms with van der Waals surface area (Å²) >= 11 is 0. The average molecular weight is 546 g/mol. The van der Waals surface area contributed by atoms with Gasteiger partial charge in [-0.2, -0.15) is 0 Å². The molecule has 4 amide bonds. The van der Waals surface area contributed by atoms with Gasteiger partial charge >= 0.3 is 6.03 Å². The fourth-order valence-corrected chi connectivity index (χ4v) is 4.51. The molecule has 0 aromatic heterocycles. The van der Waals surface area contributed by atoms with Crippen molar-refractivity contribution in [1.29, 1.82) is 0 Å². The van der Waals surface area contributed by atoms with E-state index in [0.29, 0.717) is 38.4 Å². The smallest absolute Gasteiger partial charge is 0.318 e. The Hall–Kier alpha value is -4.40. The van der Waals surface area contributed by atoms with Gasteiger partial charge in [0.15, 0.2) is 0 Å². The molecule has 2 N–H and O–H groups in total. The lowest BCUT2D eigenvalue weighted by Crippen LogP contribution is -2.50. The molecule has 0 bridgehead atoms. The van der Waals surface area contributed by atoms with E-state index in [-0.39, 0.29) is 30.0 Å². The zero-order valence-corrected chi connectivity index (χ0v) is 23.2. The molecule has 1 heterocycles. The Labute approximate surface area is 234 Å². The minimum Gasteiger partial charge on any atom is -0.368 e. The highest BCUT2D eigenvalue weighted by molar-refractivity contribution is 5.95. The van der Waals surface area contributed by atoms with Crippen LogP contribution >= 0.6 is 0 Å². The van der Waals surface area contributed by atoms with Crippen LogP contribution in [0.4, 0.5) is 20.6 Å². The number of amides is 4. The molecule has 0 unspecified atom stereocenters. The first-order valence-electron chi connectivity index (χ1n) is 13.4. The number of rotatable bonds is 7. The summed E-state index contributed by atoms with van der Waals surface area (Å²) in [6.45, 7) is 8.10. The number of piperazine rings is 1. The predicted molar refractivity (Wildman–Crippen MR) is 155 cm³/mol. The Morgan fingerprint density at radius 3 is 2.10 bits per heavy atom. The number of halogens is 1. The molecule has 4 rings (SSSR count). The molecule has 0 spiro atoms. The zero-order chi connectivity index (χ0) is 28.7. The van der Waals surface area contributed by atoms with Crippen molar-refractivity contribution in [3.63, 3.8) is 0 Å². The average Bonchev–Trinajstić information content (AvgIpc) is 2.93. The first-order chi connectivity index (χ1) is 19.1. The second-order valence-corrected chi connectivity index (χ2v) is 10.9. The normalized spacial score (nSPS) is 13.5. The van der Waals surface area contributed by atoms with Crippen LogP contribution in [-0.2, 0) is 11.3 Å². The molecular formula is C31H36FN5O3. The SMILES string of the molecule is CC(C)(C)NC(=O)N(CC(=O)Nc1ccc(N2CCN(C(=O)c3ccccc3F)CC2)cc1)Cc1ccccc1. The molecule has 3 aromatic rings. The largest absolute Gasteiger partial charge is 0.368 e.